The second-order valence-electron chi connectivity index (χ2n) is 4.52. The first-order valence-corrected chi connectivity index (χ1v) is 7.38. The molecule has 0 bridgehead atoms. The first-order chi connectivity index (χ1) is 10.1. The number of benzene rings is 1. The number of halogens is 1. The van der Waals surface area contributed by atoms with Gasteiger partial charge in [0.1, 0.15) is 16.2 Å². The predicted octanol–water partition coefficient (Wildman–Crippen LogP) is 3.71. The van der Waals surface area contributed by atoms with E-state index >= 15 is 0 Å². The Bertz CT molecular complexity index is 631. The number of nitrogens with one attached hydrogen (secondary N) is 1. The van der Waals surface area contributed by atoms with Gasteiger partial charge in [-0.3, -0.25) is 10.1 Å². The highest BCUT2D eigenvalue weighted by atomic mass is 79.9. The van der Waals surface area contributed by atoms with Crippen LogP contribution in [0.25, 0.3) is 0 Å². The maximum atomic E-state index is 10.6. The van der Waals surface area contributed by atoms with E-state index in [-0.39, 0.29) is 5.69 Å². The standard InChI is InChI=1S/C14H15BrN4O2/c1-2-3-13-17-12(15)8-14(18-13)16-9-10-4-6-11(7-5-10)19(20)21/h4-8H,2-3,9H2,1H3,(H,16,17,18). The van der Waals surface area contributed by atoms with Crippen LogP contribution in [0.2, 0.25) is 0 Å². The minimum atomic E-state index is -0.407. The number of hydrogen-bond donors (Lipinski definition) is 1. The molecule has 0 atom stereocenters. The van der Waals surface area contributed by atoms with E-state index in [0.29, 0.717) is 6.54 Å². The van der Waals surface area contributed by atoms with Crippen LogP contribution in [-0.2, 0) is 13.0 Å². The molecule has 1 aromatic heterocycles. The number of nitro benzene ring substituents is 1. The maximum Gasteiger partial charge on any atom is 0.269 e. The molecule has 0 aliphatic heterocycles. The Morgan fingerprint density at radius 3 is 2.62 bits per heavy atom. The van der Waals surface area contributed by atoms with Crippen molar-refractivity contribution in [3.63, 3.8) is 0 Å². The number of hydrogen-bond acceptors (Lipinski definition) is 5. The number of anilines is 1. The molecule has 0 radical (unpaired) electrons. The third-order valence-electron chi connectivity index (χ3n) is 2.84. The lowest BCUT2D eigenvalue weighted by Gasteiger charge is -2.08. The molecule has 1 N–H and O–H groups in total. The smallest absolute Gasteiger partial charge is 0.269 e. The van der Waals surface area contributed by atoms with Gasteiger partial charge in [0, 0.05) is 31.2 Å². The second-order valence-corrected chi connectivity index (χ2v) is 5.33. The molecular weight excluding hydrogens is 336 g/mol. The van der Waals surface area contributed by atoms with Gasteiger partial charge in [-0.1, -0.05) is 19.1 Å². The van der Waals surface area contributed by atoms with Gasteiger partial charge in [0.2, 0.25) is 0 Å². The van der Waals surface area contributed by atoms with Crippen molar-refractivity contribution in [3.8, 4) is 0 Å². The van der Waals surface area contributed by atoms with Gasteiger partial charge in [0.15, 0.2) is 0 Å². The zero-order valence-corrected chi connectivity index (χ0v) is 13.1. The molecule has 7 heteroatoms. The van der Waals surface area contributed by atoms with E-state index in [1.54, 1.807) is 12.1 Å². The molecule has 6 nitrogen and oxygen atoms in total. The Labute approximate surface area is 130 Å². The predicted molar refractivity (Wildman–Crippen MR) is 84.2 cm³/mol. The van der Waals surface area contributed by atoms with E-state index in [1.807, 2.05) is 6.07 Å². The molecule has 0 amide bonds. The zero-order valence-electron chi connectivity index (χ0n) is 11.5. The molecule has 2 aromatic rings. The molecule has 1 heterocycles. The van der Waals surface area contributed by atoms with Crippen LogP contribution in [0.1, 0.15) is 24.7 Å². The molecular formula is C14H15BrN4O2. The average molecular weight is 351 g/mol. The van der Waals surface area contributed by atoms with Gasteiger partial charge >= 0.3 is 0 Å². The topological polar surface area (TPSA) is 81.0 Å². The van der Waals surface area contributed by atoms with E-state index in [2.05, 4.69) is 38.1 Å². The Morgan fingerprint density at radius 2 is 2.00 bits per heavy atom. The third-order valence-corrected chi connectivity index (χ3v) is 3.24. The van der Waals surface area contributed by atoms with Crippen LogP contribution in [0.4, 0.5) is 11.5 Å². The van der Waals surface area contributed by atoms with Gasteiger partial charge in [-0.05, 0) is 27.9 Å². The van der Waals surface area contributed by atoms with E-state index in [0.717, 1.165) is 34.7 Å². The molecule has 0 aliphatic carbocycles. The molecule has 0 saturated carbocycles. The highest BCUT2D eigenvalue weighted by molar-refractivity contribution is 9.10. The number of non-ortho nitro benzene ring substituents is 1. The normalized spacial score (nSPS) is 10.4. The van der Waals surface area contributed by atoms with Gasteiger partial charge in [-0.25, -0.2) is 9.97 Å². The largest absolute Gasteiger partial charge is 0.366 e. The molecule has 110 valence electrons. The fourth-order valence-electron chi connectivity index (χ4n) is 1.82. The number of aromatic nitrogens is 2. The summed E-state index contributed by atoms with van der Waals surface area (Å²) in [7, 11) is 0. The summed E-state index contributed by atoms with van der Waals surface area (Å²) in [5, 5.41) is 13.8. The summed E-state index contributed by atoms with van der Waals surface area (Å²) in [6, 6.07) is 8.26. The molecule has 0 fully saturated rings. The number of aryl methyl sites for hydroxylation is 1. The number of nitro groups is 1. The lowest BCUT2D eigenvalue weighted by Crippen LogP contribution is -2.05. The monoisotopic (exact) mass is 350 g/mol. The van der Waals surface area contributed by atoms with Gasteiger partial charge in [0.25, 0.3) is 5.69 Å². The average Bonchev–Trinajstić information content (AvgIpc) is 2.45. The quantitative estimate of drug-likeness (QED) is 0.487. The number of nitrogens with zero attached hydrogens (tertiary/aromatic N) is 3. The molecule has 0 unspecified atom stereocenters. The Morgan fingerprint density at radius 1 is 1.29 bits per heavy atom. The van der Waals surface area contributed by atoms with Crippen molar-refractivity contribution in [3.05, 3.63) is 56.4 Å². The zero-order chi connectivity index (χ0) is 15.2. The molecule has 0 saturated heterocycles. The number of rotatable bonds is 6. The lowest BCUT2D eigenvalue weighted by atomic mass is 10.2. The van der Waals surface area contributed by atoms with Crippen LogP contribution in [0.3, 0.4) is 0 Å². The van der Waals surface area contributed by atoms with Crippen molar-refractivity contribution in [1.82, 2.24) is 9.97 Å². The first-order valence-electron chi connectivity index (χ1n) is 6.59. The SMILES string of the molecule is CCCc1nc(Br)cc(NCc2ccc([N+](=O)[O-])cc2)n1. The molecule has 21 heavy (non-hydrogen) atoms. The van der Waals surface area contributed by atoms with Gasteiger partial charge in [-0.15, -0.1) is 0 Å². The Kier molecular flexibility index (Phi) is 5.21. The summed E-state index contributed by atoms with van der Waals surface area (Å²) in [5.41, 5.74) is 1.04. The summed E-state index contributed by atoms with van der Waals surface area (Å²) in [4.78, 5) is 18.9. The van der Waals surface area contributed by atoms with Crippen molar-refractivity contribution >= 4 is 27.4 Å². The lowest BCUT2D eigenvalue weighted by molar-refractivity contribution is -0.384. The molecule has 1 aromatic carbocycles. The fourth-order valence-corrected chi connectivity index (χ4v) is 2.24. The summed E-state index contributed by atoms with van der Waals surface area (Å²) < 4.78 is 0.743. The summed E-state index contributed by atoms with van der Waals surface area (Å²) in [5.74, 6) is 1.52. The summed E-state index contributed by atoms with van der Waals surface area (Å²) in [6.45, 7) is 2.63. The van der Waals surface area contributed by atoms with Crippen LogP contribution in [0, 0.1) is 10.1 Å². The Hall–Kier alpha value is -2.02. The van der Waals surface area contributed by atoms with Crippen molar-refractivity contribution in [2.45, 2.75) is 26.3 Å². The van der Waals surface area contributed by atoms with Crippen molar-refractivity contribution in [2.75, 3.05) is 5.32 Å². The van der Waals surface area contributed by atoms with Crippen molar-refractivity contribution in [2.24, 2.45) is 0 Å². The van der Waals surface area contributed by atoms with E-state index in [9.17, 15) is 10.1 Å². The van der Waals surface area contributed by atoms with Crippen LogP contribution >= 0.6 is 15.9 Å². The minimum absolute atomic E-state index is 0.0914. The van der Waals surface area contributed by atoms with E-state index in [4.69, 9.17) is 0 Å². The second kappa shape index (κ2) is 7.12. The van der Waals surface area contributed by atoms with Gasteiger partial charge in [0.05, 0.1) is 4.92 Å². The van der Waals surface area contributed by atoms with Crippen LogP contribution < -0.4 is 5.32 Å². The molecule has 0 aliphatic rings. The van der Waals surface area contributed by atoms with E-state index in [1.165, 1.54) is 12.1 Å². The Balaban J connectivity index is 2.03. The minimum Gasteiger partial charge on any atom is -0.366 e. The highest BCUT2D eigenvalue weighted by Gasteiger charge is 2.05. The molecule has 2 rings (SSSR count). The maximum absolute atomic E-state index is 10.6. The highest BCUT2D eigenvalue weighted by Crippen LogP contribution is 2.16. The van der Waals surface area contributed by atoms with Crippen LogP contribution in [-0.4, -0.2) is 14.9 Å². The first kappa shape index (κ1) is 15.4. The van der Waals surface area contributed by atoms with Gasteiger partial charge < -0.3 is 5.32 Å². The summed E-state index contributed by atoms with van der Waals surface area (Å²) >= 11 is 3.37. The van der Waals surface area contributed by atoms with Crippen molar-refractivity contribution < 1.29 is 4.92 Å². The van der Waals surface area contributed by atoms with Crippen molar-refractivity contribution in [1.29, 1.82) is 0 Å². The fraction of sp³-hybridized carbons (Fsp3) is 0.286. The molecule has 0 spiro atoms. The van der Waals surface area contributed by atoms with Gasteiger partial charge in [-0.2, -0.15) is 0 Å². The van der Waals surface area contributed by atoms with Crippen LogP contribution in [0.5, 0.6) is 0 Å². The summed E-state index contributed by atoms with van der Waals surface area (Å²) in [6.07, 6.45) is 1.81. The third kappa shape index (κ3) is 4.49. The van der Waals surface area contributed by atoms with E-state index < -0.39 is 4.92 Å². The van der Waals surface area contributed by atoms with Crippen LogP contribution in [0.15, 0.2) is 34.9 Å².